The predicted molar refractivity (Wildman–Crippen MR) is 121 cm³/mol. The molecule has 0 spiro atoms. The molecule has 0 aliphatic heterocycles. The number of benzene rings is 1. The predicted octanol–water partition coefficient (Wildman–Crippen LogP) is 5.08. The summed E-state index contributed by atoms with van der Waals surface area (Å²) in [7, 11) is 1.10. The van der Waals surface area contributed by atoms with Crippen LogP contribution in [0.25, 0.3) is 5.95 Å². The minimum atomic E-state index is -4.73. The number of rotatable bonds is 7. The molecular weight excluding hydrogens is 603 g/mol. The second-order valence-corrected chi connectivity index (χ2v) is 8.12. The van der Waals surface area contributed by atoms with Gasteiger partial charge in [-0.3, -0.25) is 4.79 Å². The smallest absolute Gasteiger partial charge is 0.305 e. The normalized spacial score (nSPS) is 12.3. The number of carbonyl (C=O) groups is 1. The third-order valence-electron chi connectivity index (χ3n) is 4.17. The number of hydrogen-bond donors (Lipinski definition) is 0. The highest BCUT2D eigenvalue weighted by Gasteiger charge is 2.34. The topological polar surface area (TPSA) is 95.2 Å². The van der Waals surface area contributed by atoms with Crippen molar-refractivity contribution in [1.29, 1.82) is 0 Å². The lowest BCUT2D eigenvalue weighted by atomic mass is 10.1. The van der Waals surface area contributed by atoms with E-state index in [2.05, 4.69) is 25.3 Å². The lowest BCUT2D eigenvalue weighted by Gasteiger charge is -2.10. The molecule has 0 unspecified atom stereocenters. The number of halogens is 6. The summed E-state index contributed by atoms with van der Waals surface area (Å²) in [5, 5.41) is 7.20. The molecule has 0 aliphatic carbocycles. The number of alkyl halides is 3. The largest absolute Gasteiger partial charge is 0.417 e. The average molecular weight is 615 g/mol. The Morgan fingerprint density at radius 1 is 1.30 bits per heavy atom. The molecule has 2 aromatic heterocycles. The van der Waals surface area contributed by atoms with Crippen molar-refractivity contribution in [2.45, 2.75) is 19.5 Å². The summed E-state index contributed by atoms with van der Waals surface area (Å²) in [6, 6.07) is 2.99. The summed E-state index contributed by atoms with van der Waals surface area (Å²) in [4.78, 5) is 24.2. The fraction of sp³-hybridized carbons (Fsp3) is 0.222. The Bertz CT molecular complexity index is 1190. The van der Waals surface area contributed by atoms with Gasteiger partial charge in [0, 0.05) is 27.6 Å². The van der Waals surface area contributed by atoms with Gasteiger partial charge in [0.1, 0.15) is 5.69 Å². The van der Waals surface area contributed by atoms with Crippen LogP contribution in [0.3, 0.4) is 0 Å². The van der Waals surface area contributed by atoms with E-state index in [9.17, 15) is 22.4 Å². The molecule has 0 atom stereocenters. The molecule has 8 nitrogen and oxygen atoms in total. The van der Waals surface area contributed by atoms with Gasteiger partial charge in [-0.05, 0) is 19.1 Å². The summed E-state index contributed by atoms with van der Waals surface area (Å²) in [6.07, 6.45) is -2.59. The molecule has 0 aliphatic rings. The zero-order chi connectivity index (χ0) is 24.2. The van der Waals surface area contributed by atoms with Crippen LogP contribution in [0.1, 0.15) is 34.2 Å². The van der Waals surface area contributed by atoms with Gasteiger partial charge in [-0.1, -0.05) is 22.9 Å². The molecule has 1 amide bonds. The Balaban J connectivity index is 2.00. The Morgan fingerprint density at radius 2 is 2.00 bits per heavy atom. The lowest BCUT2D eigenvalue weighted by molar-refractivity contribution is -0.137. The van der Waals surface area contributed by atoms with E-state index in [-0.39, 0.29) is 30.4 Å². The molecule has 3 rings (SSSR count). The molecule has 0 saturated carbocycles. The van der Waals surface area contributed by atoms with Gasteiger partial charge < -0.3 is 4.18 Å². The highest BCUT2D eigenvalue weighted by molar-refractivity contribution is 14.2. The fourth-order valence-corrected chi connectivity index (χ4v) is 3.73. The number of aromatic nitrogens is 5. The summed E-state index contributed by atoms with van der Waals surface area (Å²) in [5.41, 5.74) is -0.917. The van der Waals surface area contributed by atoms with Crippen LogP contribution in [-0.2, 0) is 16.8 Å². The van der Waals surface area contributed by atoms with Crippen molar-refractivity contribution < 1.29 is 26.5 Å². The van der Waals surface area contributed by atoms with E-state index >= 15 is 0 Å². The number of aliphatic imine (C=N–C) groups is 1. The molecule has 0 bridgehead atoms. The maximum Gasteiger partial charge on any atom is 0.417 e. The van der Waals surface area contributed by atoms with Crippen molar-refractivity contribution in [3.63, 3.8) is 0 Å². The quantitative estimate of drug-likeness (QED) is 0.121. The summed E-state index contributed by atoms with van der Waals surface area (Å²) in [6.45, 7) is 1.66. The molecule has 0 radical (unpaired) electrons. The van der Waals surface area contributed by atoms with Gasteiger partial charge in [0.25, 0.3) is 11.9 Å². The van der Waals surface area contributed by atoms with Gasteiger partial charge in [-0.15, -0.1) is 5.10 Å². The van der Waals surface area contributed by atoms with Gasteiger partial charge in [-0.25, -0.2) is 19.4 Å². The minimum absolute atomic E-state index is 0.0207. The summed E-state index contributed by atoms with van der Waals surface area (Å²) in [5.74, 6) is -1.61. The first-order valence-electron chi connectivity index (χ1n) is 8.92. The monoisotopic (exact) mass is 614 g/mol. The number of hydrogen-bond acceptors (Lipinski definition) is 7. The van der Waals surface area contributed by atoms with E-state index in [1.54, 1.807) is 0 Å². The summed E-state index contributed by atoms with van der Waals surface area (Å²) >= 11 is 7.76. The molecule has 15 heteroatoms. The highest BCUT2D eigenvalue weighted by atomic mass is 127. The van der Waals surface area contributed by atoms with Gasteiger partial charge >= 0.3 is 6.18 Å². The van der Waals surface area contributed by atoms with E-state index < -0.39 is 34.1 Å². The first-order valence-corrected chi connectivity index (χ1v) is 12.6. The van der Waals surface area contributed by atoms with E-state index in [0.717, 1.165) is 39.8 Å². The Labute approximate surface area is 205 Å². The Kier molecular flexibility index (Phi) is 8.36. The van der Waals surface area contributed by atoms with Crippen LogP contribution in [0.5, 0.6) is 0 Å². The molecule has 3 aromatic rings. The van der Waals surface area contributed by atoms with Crippen LogP contribution in [0.2, 0.25) is 5.02 Å². The molecule has 0 N–H and O–H groups in total. The van der Waals surface area contributed by atoms with Crippen LogP contribution in [0.4, 0.5) is 17.6 Å². The molecule has 1 aromatic carbocycles. The van der Waals surface area contributed by atoms with E-state index in [1.807, 2.05) is 21.2 Å². The van der Waals surface area contributed by atoms with Gasteiger partial charge in [0.2, 0.25) is 0 Å². The summed E-state index contributed by atoms with van der Waals surface area (Å²) < 4.78 is 59.0. The Hall–Kier alpha value is -2.17. The molecule has 0 fully saturated rings. The van der Waals surface area contributed by atoms with E-state index in [1.165, 1.54) is 11.6 Å². The van der Waals surface area contributed by atoms with Gasteiger partial charge in [-0.2, -0.15) is 17.9 Å². The van der Waals surface area contributed by atoms with Crippen molar-refractivity contribution in [3.8, 4) is 5.95 Å². The standard InChI is InChI=1S/C18H12ClF4IN6O2S/c1-9(27-16(31)11-3-2-4-12(14(11)19)18(21,22)23)15-13(5-6-32-33-24)30(29-28-15)17-25-7-10(20)8-26-17/h2-4,7-8H,5-6H2,1H3. The zero-order valence-corrected chi connectivity index (χ0v) is 20.2. The molecule has 33 heavy (non-hydrogen) atoms. The van der Waals surface area contributed by atoms with E-state index in [4.69, 9.17) is 15.8 Å². The van der Waals surface area contributed by atoms with Crippen LogP contribution in [0, 0.1) is 5.82 Å². The Morgan fingerprint density at radius 3 is 2.64 bits per heavy atom. The van der Waals surface area contributed by atoms with Crippen LogP contribution in [0.15, 0.2) is 35.6 Å². The van der Waals surface area contributed by atoms with Crippen LogP contribution >= 0.6 is 42.0 Å². The average Bonchev–Trinajstić information content (AvgIpc) is 3.17. The first kappa shape index (κ1) is 25.5. The van der Waals surface area contributed by atoms with E-state index in [0.29, 0.717) is 5.69 Å². The van der Waals surface area contributed by atoms with Gasteiger partial charge in [0.15, 0.2) is 5.82 Å². The SMILES string of the molecule is CC(=NC(=O)c1cccc(C(F)(F)F)c1Cl)c1nnn(-c2ncc(F)cn2)c1CCOSI. The van der Waals surface area contributed by atoms with Crippen molar-refractivity contribution in [3.05, 3.63) is 63.9 Å². The fourth-order valence-electron chi connectivity index (χ4n) is 2.73. The van der Waals surface area contributed by atoms with Crippen molar-refractivity contribution in [1.82, 2.24) is 25.0 Å². The minimum Gasteiger partial charge on any atom is -0.305 e. The molecule has 0 saturated heterocycles. The number of amides is 1. The molecular formula is C18H12ClF4IN6O2S. The zero-order valence-electron chi connectivity index (χ0n) is 16.5. The number of nitrogens with zero attached hydrogens (tertiary/aromatic N) is 6. The van der Waals surface area contributed by atoms with Gasteiger partial charge in [0.05, 0.1) is 55.8 Å². The van der Waals surface area contributed by atoms with Crippen molar-refractivity contribution in [2.24, 2.45) is 4.99 Å². The molecule has 174 valence electrons. The maximum absolute atomic E-state index is 13.2. The molecule has 2 heterocycles. The number of carbonyl (C=O) groups excluding carboxylic acids is 1. The second-order valence-electron chi connectivity index (χ2n) is 6.30. The van der Waals surface area contributed by atoms with Crippen LogP contribution < -0.4 is 0 Å². The second kappa shape index (κ2) is 10.8. The third kappa shape index (κ3) is 6.04. The van der Waals surface area contributed by atoms with Crippen LogP contribution in [-0.4, -0.2) is 43.2 Å². The van der Waals surface area contributed by atoms with Crippen molar-refractivity contribution >= 4 is 53.6 Å². The first-order chi connectivity index (χ1) is 15.6. The highest BCUT2D eigenvalue weighted by Crippen LogP contribution is 2.36. The third-order valence-corrected chi connectivity index (χ3v) is 5.60. The maximum atomic E-state index is 13.2. The van der Waals surface area contributed by atoms with Crippen molar-refractivity contribution in [2.75, 3.05) is 6.61 Å². The lowest BCUT2D eigenvalue weighted by Crippen LogP contribution is -2.12.